The molecule has 0 saturated heterocycles. The summed E-state index contributed by atoms with van der Waals surface area (Å²) < 4.78 is 5.02. The molecule has 0 aliphatic carbocycles. The summed E-state index contributed by atoms with van der Waals surface area (Å²) in [7, 11) is 0. The maximum Gasteiger partial charge on any atom is 0.330 e. The van der Waals surface area contributed by atoms with Gasteiger partial charge in [0, 0.05) is 22.4 Å². The average Bonchev–Trinajstić information content (AvgIpc) is 3.07. The van der Waals surface area contributed by atoms with Crippen LogP contribution in [0.25, 0.3) is 16.5 Å². The summed E-state index contributed by atoms with van der Waals surface area (Å²) in [5.74, 6) is -0.428. The van der Waals surface area contributed by atoms with E-state index in [2.05, 4.69) is 22.8 Å². The Morgan fingerprint density at radius 1 is 1.12 bits per heavy atom. The quantitative estimate of drug-likeness (QED) is 0.460. The van der Waals surface area contributed by atoms with Gasteiger partial charge in [-0.05, 0) is 30.7 Å². The third-order valence-electron chi connectivity index (χ3n) is 3.04. The highest BCUT2D eigenvalue weighted by Crippen LogP contribution is 2.28. The molecule has 0 aliphatic rings. The molecule has 0 atom stereocenters. The molecule has 0 fully saturated rings. The molecule has 5 nitrogen and oxygen atoms in total. The number of benzene rings is 1. The first-order chi connectivity index (χ1) is 11.7. The van der Waals surface area contributed by atoms with Gasteiger partial charge in [0.15, 0.2) is 0 Å². The van der Waals surface area contributed by atoms with E-state index >= 15 is 0 Å². The Morgan fingerprint density at radius 3 is 2.67 bits per heavy atom. The topological polar surface area (TPSA) is 67.4 Å². The molecule has 0 bridgehead atoms. The van der Waals surface area contributed by atoms with Crippen molar-refractivity contribution in [1.29, 1.82) is 0 Å². The van der Waals surface area contributed by atoms with Crippen molar-refractivity contribution >= 4 is 29.4 Å². The number of carbonyl (C=O) groups excluding carboxylic acids is 2. The van der Waals surface area contributed by atoms with E-state index in [1.807, 2.05) is 37.3 Å². The first kappa shape index (κ1) is 17.7. The summed E-state index contributed by atoms with van der Waals surface area (Å²) in [6.07, 6.45) is 3.13. The van der Waals surface area contributed by atoms with E-state index in [4.69, 9.17) is 4.74 Å². The molecule has 2 rings (SSSR count). The lowest BCUT2D eigenvalue weighted by atomic mass is 10.2. The van der Waals surface area contributed by atoms with Crippen molar-refractivity contribution in [2.45, 2.75) is 6.92 Å². The molecule has 2 N–H and O–H groups in total. The number of ether oxygens (including phenoxy) is 1. The smallest absolute Gasteiger partial charge is 0.330 e. The van der Waals surface area contributed by atoms with Gasteiger partial charge in [-0.15, -0.1) is 11.3 Å². The molecular weight excluding hydrogens is 324 g/mol. The fourth-order valence-corrected chi connectivity index (χ4v) is 2.85. The number of nitrogens with one attached hydrogen (secondary N) is 2. The Kier molecular flexibility index (Phi) is 7.04. The zero-order valence-corrected chi connectivity index (χ0v) is 14.3. The van der Waals surface area contributed by atoms with Crippen LogP contribution in [-0.2, 0) is 9.53 Å². The molecule has 1 heterocycles. The molecule has 126 valence electrons. The highest BCUT2D eigenvalue weighted by Gasteiger charge is 2.02. The van der Waals surface area contributed by atoms with Gasteiger partial charge in [-0.2, -0.15) is 0 Å². The predicted octanol–water partition coefficient (Wildman–Crippen LogP) is 3.29. The molecule has 0 saturated carbocycles. The van der Waals surface area contributed by atoms with Gasteiger partial charge in [0.1, 0.15) is 6.61 Å². The first-order valence-electron chi connectivity index (χ1n) is 7.71. The van der Waals surface area contributed by atoms with Gasteiger partial charge < -0.3 is 15.4 Å². The number of rotatable bonds is 7. The van der Waals surface area contributed by atoms with Crippen molar-refractivity contribution < 1.29 is 14.3 Å². The lowest BCUT2D eigenvalue weighted by molar-refractivity contribution is -0.137. The predicted molar refractivity (Wildman–Crippen MR) is 96.8 cm³/mol. The molecule has 6 heteroatoms. The van der Waals surface area contributed by atoms with Gasteiger partial charge in [-0.3, -0.25) is 0 Å². The van der Waals surface area contributed by atoms with Gasteiger partial charge >= 0.3 is 12.0 Å². The minimum atomic E-state index is -0.428. The van der Waals surface area contributed by atoms with Crippen LogP contribution >= 0.6 is 11.3 Å². The van der Waals surface area contributed by atoms with Crippen LogP contribution in [0.5, 0.6) is 0 Å². The second kappa shape index (κ2) is 9.52. The first-order valence-corrected chi connectivity index (χ1v) is 8.52. The zero-order valence-electron chi connectivity index (χ0n) is 13.5. The van der Waals surface area contributed by atoms with Gasteiger partial charge in [-0.25, -0.2) is 9.59 Å². The Balaban J connectivity index is 1.76. The summed E-state index contributed by atoms with van der Waals surface area (Å²) in [4.78, 5) is 24.9. The number of urea groups is 1. The van der Waals surface area contributed by atoms with Crippen LogP contribution in [-0.4, -0.2) is 31.7 Å². The fourth-order valence-electron chi connectivity index (χ4n) is 1.94. The summed E-state index contributed by atoms with van der Waals surface area (Å²) in [5.41, 5.74) is 1.15. The van der Waals surface area contributed by atoms with E-state index in [1.165, 1.54) is 6.08 Å². The Morgan fingerprint density at radius 2 is 1.92 bits per heavy atom. The number of hydrogen-bond acceptors (Lipinski definition) is 4. The SMILES string of the molecule is CCNC(=O)NCCOC(=O)/C=C/c1ccc(-c2ccccc2)s1. The van der Waals surface area contributed by atoms with Crippen LogP contribution in [0.2, 0.25) is 0 Å². The monoisotopic (exact) mass is 344 g/mol. The highest BCUT2D eigenvalue weighted by atomic mass is 32.1. The molecule has 1 aromatic heterocycles. The number of esters is 1. The minimum absolute atomic E-state index is 0.139. The molecule has 24 heavy (non-hydrogen) atoms. The van der Waals surface area contributed by atoms with Crippen molar-refractivity contribution in [3.8, 4) is 10.4 Å². The third-order valence-corrected chi connectivity index (χ3v) is 4.14. The van der Waals surface area contributed by atoms with Crippen LogP contribution in [0.1, 0.15) is 11.8 Å². The lowest BCUT2D eigenvalue weighted by Crippen LogP contribution is -2.37. The van der Waals surface area contributed by atoms with Crippen molar-refractivity contribution in [3.05, 3.63) is 53.4 Å². The number of amides is 2. The van der Waals surface area contributed by atoms with Crippen molar-refractivity contribution in [1.82, 2.24) is 10.6 Å². The highest BCUT2D eigenvalue weighted by molar-refractivity contribution is 7.16. The zero-order chi connectivity index (χ0) is 17.2. The van der Waals surface area contributed by atoms with Gasteiger partial charge in [0.25, 0.3) is 0 Å². The van der Waals surface area contributed by atoms with E-state index in [-0.39, 0.29) is 19.2 Å². The van der Waals surface area contributed by atoms with Gasteiger partial charge in [0.05, 0.1) is 6.54 Å². The second-order valence-corrected chi connectivity index (χ2v) is 5.97. The molecule has 2 amide bonds. The van der Waals surface area contributed by atoms with E-state index in [0.717, 1.165) is 15.3 Å². The molecule has 2 aromatic rings. The van der Waals surface area contributed by atoms with Gasteiger partial charge in [-0.1, -0.05) is 30.3 Å². The Bertz CT molecular complexity index is 695. The van der Waals surface area contributed by atoms with E-state index < -0.39 is 5.97 Å². The fraction of sp³-hybridized carbons (Fsp3) is 0.222. The molecular formula is C18H20N2O3S. The molecule has 0 radical (unpaired) electrons. The van der Waals surface area contributed by atoms with Crippen LogP contribution in [0.3, 0.4) is 0 Å². The van der Waals surface area contributed by atoms with Crippen molar-refractivity contribution in [2.75, 3.05) is 19.7 Å². The summed E-state index contributed by atoms with van der Waals surface area (Å²) >= 11 is 1.61. The van der Waals surface area contributed by atoms with E-state index in [9.17, 15) is 9.59 Å². The van der Waals surface area contributed by atoms with Crippen LogP contribution in [0.15, 0.2) is 48.5 Å². The molecule has 0 aliphatic heterocycles. The Labute approximate surface area is 145 Å². The van der Waals surface area contributed by atoms with Crippen LogP contribution < -0.4 is 10.6 Å². The van der Waals surface area contributed by atoms with Crippen molar-refractivity contribution in [3.63, 3.8) is 0 Å². The number of thiophene rings is 1. The maximum atomic E-state index is 11.6. The average molecular weight is 344 g/mol. The molecule has 0 unspecified atom stereocenters. The summed E-state index contributed by atoms with van der Waals surface area (Å²) in [5, 5.41) is 5.18. The van der Waals surface area contributed by atoms with E-state index in [0.29, 0.717) is 6.54 Å². The summed E-state index contributed by atoms with van der Waals surface area (Å²) in [6, 6.07) is 13.8. The molecule has 0 spiro atoms. The normalized spacial score (nSPS) is 10.5. The number of carbonyl (C=O) groups is 2. The van der Waals surface area contributed by atoms with Crippen molar-refractivity contribution in [2.24, 2.45) is 0 Å². The second-order valence-electron chi connectivity index (χ2n) is 4.86. The Hall–Kier alpha value is -2.60. The number of hydrogen-bond donors (Lipinski definition) is 2. The standard InChI is InChI=1S/C18H20N2O3S/c1-2-19-18(22)20-12-13-23-17(21)11-9-15-8-10-16(24-15)14-6-4-3-5-7-14/h3-11H,2,12-13H2,1H3,(H2,19,20,22)/b11-9+. The third kappa shape index (κ3) is 5.89. The van der Waals surface area contributed by atoms with Gasteiger partial charge in [0.2, 0.25) is 0 Å². The van der Waals surface area contributed by atoms with E-state index in [1.54, 1.807) is 17.4 Å². The van der Waals surface area contributed by atoms with Crippen LogP contribution in [0.4, 0.5) is 4.79 Å². The lowest BCUT2D eigenvalue weighted by Gasteiger charge is -2.05. The largest absolute Gasteiger partial charge is 0.461 e. The maximum absolute atomic E-state index is 11.6. The summed E-state index contributed by atoms with van der Waals surface area (Å²) in [6.45, 7) is 2.81. The van der Waals surface area contributed by atoms with Crippen LogP contribution in [0, 0.1) is 0 Å². The minimum Gasteiger partial charge on any atom is -0.461 e. The molecule has 1 aromatic carbocycles.